The van der Waals surface area contributed by atoms with Gasteiger partial charge >= 0.3 is 0 Å². The van der Waals surface area contributed by atoms with Crippen molar-refractivity contribution in [1.29, 1.82) is 0 Å². The predicted molar refractivity (Wildman–Crippen MR) is 133 cm³/mol. The third kappa shape index (κ3) is 6.03. The SMILES string of the molecule is COc1cc(C(C(=O)N2CCCCC2C(=O)NC(CO)C(N)=O)C2CCCCC2)cc(OC)c1OC. The topological polar surface area (TPSA) is 140 Å². The first kappa shape index (κ1) is 27.6. The van der Waals surface area contributed by atoms with E-state index in [2.05, 4.69) is 5.32 Å². The van der Waals surface area contributed by atoms with Crippen LogP contribution < -0.4 is 25.3 Å². The van der Waals surface area contributed by atoms with Crippen molar-refractivity contribution in [2.45, 2.75) is 69.4 Å². The summed E-state index contributed by atoms with van der Waals surface area (Å²) in [4.78, 5) is 40.6. The first-order chi connectivity index (χ1) is 17.4. The lowest BCUT2D eigenvalue weighted by molar-refractivity contribution is -0.145. The van der Waals surface area contributed by atoms with Gasteiger partial charge in [0.1, 0.15) is 12.1 Å². The molecule has 0 radical (unpaired) electrons. The van der Waals surface area contributed by atoms with Crippen LogP contribution in [0.1, 0.15) is 62.8 Å². The number of amides is 3. The maximum Gasteiger partial charge on any atom is 0.243 e. The lowest BCUT2D eigenvalue weighted by atomic mass is 9.75. The molecule has 4 N–H and O–H groups in total. The monoisotopic (exact) mass is 505 g/mol. The number of primary amides is 1. The molecule has 2 aliphatic rings. The first-order valence-corrected chi connectivity index (χ1v) is 12.7. The van der Waals surface area contributed by atoms with Crippen LogP contribution in [0.15, 0.2) is 12.1 Å². The Kier molecular flexibility index (Phi) is 9.81. The minimum absolute atomic E-state index is 0.107. The second-order valence-corrected chi connectivity index (χ2v) is 9.52. The van der Waals surface area contributed by atoms with E-state index in [0.717, 1.165) is 50.5 Å². The zero-order valence-electron chi connectivity index (χ0n) is 21.5. The summed E-state index contributed by atoms with van der Waals surface area (Å²) < 4.78 is 16.6. The number of hydrogen-bond donors (Lipinski definition) is 3. The van der Waals surface area contributed by atoms with Gasteiger partial charge in [0.15, 0.2) is 11.5 Å². The second-order valence-electron chi connectivity index (χ2n) is 9.52. The number of piperidine rings is 1. The number of methoxy groups -OCH3 is 3. The largest absolute Gasteiger partial charge is 0.493 e. The molecule has 3 rings (SSSR count). The maximum atomic E-state index is 14.2. The first-order valence-electron chi connectivity index (χ1n) is 12.7. The highest BCUT2D eigenvalue weighted by Gasteiger charge is 2.40. The molecule has 200 valence electrons. The summed E-state index contributed by atoms with van der Waals surface area (Å²) in [5.41, 5.74) is 6.05. The van der Waals surface area contributed by atoms with Gasteiger partial charge < -0.3 is 35.3 Å². The minimum Gasteiger partial charge on any atom is -0.493 e. The molecule has 3 atom stereocenters. The van der Waals surface area contributed by atoms with Crippen LogP contribution in [-0.2, 0) is 14.4 Å². The number of nitrogens with two attached hydrogens (primary N) is 1. The van der Waals surface area contributed by atoms with Crippen LogP contribution in [0.2, 0.25) is 0 Å². The molecule has 0 aromatic heterocycles. The van der Waals surface area contributed by atoms with Crippen molar-refractivity contribution >= 4 is 17.7 Å². The van der Waals surface area contributed by atoms with Crippen LogP contribution in [0.25, 0.3) is 0 Å². The molecule has 0 bridgehead atoms. The Morgan fingerprint density at radius 3 is 2.14 bits per heavy atom. The Balaban J connectivity index is 1.99. The standard InChI is InChI=1S/C26H39N3O7/c1-34-20-13-17(14-21(35-2)23(20)36-3)22(16-9-5-4-6-10-16)26(33)29-12-8-7-11-19(29)25(32)28-18(15-30)24(27)31/h13-14,16,18-19,22,30H,4-12,15H2,1-3H3,(H2,27,31)(H,28,32). The minimum atomic E-state index is -1.19. The molecule has 3 unspecified atom stereocenters. The molecule has 3 amide bonds. The summed E-state index contributed by atoms with van der Waals surface area (Å²) in [7, 11) is 4.62. The summed E-state index contributed by atoms with van der Waals surface area (Å²) in [5.74, 6) is -0.412. The Hall–Kier alpha value is -3.01. The van der Waals surface area contributed by atoms with E-state index in [4.69, 9.17) is 19.9 Å². The number of nitrogens with zero attached hydrogens (tertiary/aromatic N) is 1. The van der Waals surface area contributed by atoms with E-state index in [1.54, 1.807) is 19.1 Å². The molecule has 1 aliphatic heterocycles. The lowest BCUT2D eigenvalue weighted by Gasteiger charge is -2.40. The van der Waals surface area contributed by atoms with Gasteiger partial charge in [0.2, 0.25) is 23.5 Å². The molecule has 1 heterocycles. The Morgan fingerprint density at radius 2 is 1.61 bits per heavy atom. The smallest absolute Gasteiger partial charge is 0.243 e. The molecule has 1 aliphatic carbocycles. The molecule has 1 aromatic carbocycles. The molecule has 1 saturated heterocycles. The number of carbonyl (C=O) groups excluding carboxylic acids is 3. The van der Waals surface area contributed by atoms with Crippen LogP contribution in [0, 0.1) is 5.92 Å². The number of ether oxygens (including phenoxy) is 3. The zero-order chi connectivity index (χ0) is 26.2. The van der Waals surface area contributed by atoms with E-state index in [1.165, 1.54) is 7.11 Å². The van der Waals surface area contributed by atoms with Crippen molar-refractivity contribution in [2.75, 3.05) is 34.5 Å². The fraction of sp³-hybridized carbons (Fsp3) is 0.654. The summed E-state index contributed by atoms with van der Waals surface area (Å²) in [5, 5.41) is 12.0. The second kappa shape index (κ2) is 12.8. The Bertz CT molecular complexity index is 907. The number of benzene rings is 1. The summed E-state index contributed by atoms with van der Waals surface area (Å²) in [6.07, 6.45) is 7.07. The third-order valence-corrected chi connectivity index (χ3v) is 7.36. The lowest BCUT2D eigenvalue weighted by Crippen LogP contribution is -2.57. The van der Waals surface area contributed by atoms with Crippen molar-refractivity contribution in [3.8, 4) is 17.2 Å². The molecule has 10 heteroatoms. The van der Waals surface area contributed by atoms with Gasteiger partial charge in [-0.2, -0.15) is 0 Å². The van der Waals surface area contributed by atoms with E-state index in [9.17, 15) is 19.5 Å². The summed E-state index contributed by atoms with van der Waals surface area (Å²) in [6, 6.07) is 1.71. The number of likely N-dealkylation sites (tertiary alicyclic amines) is 1. The van der Waals surface area contributed by atoms with Crippen molar-refractivity contribution in [3.63, 3.8) is 0 Å². The molecule has 1 aromatic rings. The maximum absolute atomic E-state index is 14.2. The van der Waals surface area contributed by atoms with Gasteiger partial charge in [-0.15, -0.1) is 0 Å². The van der Waals surface area contributed by atoms with Crippen molar-refractivity contribution in [3.05, 3.63) is 17.7 Å². The van der Waals surface area contributed by atoms with Crippen LogP contribution in [0.4, 0.5) is 0 Å². The van der Waals surface area contributed by atoms with Gasteiger partial charge in [-0.05, 0) is 55.7 Å². The number of rotatable bonds is 10. The van der Waals surface area contributed by atoms with E-state index < -0.39 is 36.4 Å². The van der Waals surface area contributed by atoms with Gasteiger partial charge in [0.25, 0.3) is 0 Å². The van der Waals surface area contributed by atoms with Gasteiger partial charge in [0, 0.05) is 6.54 Å². The zero-order valence-corrected chi connectivity index (χ0v) is 21.5. The Morgan fingerprint density at radius 1 is 1.00 bits per heavy atom. The normalized spacial score (nSPS) is 20.2. The van der Waals surface area contributed by atoms with Crippen molar-refractivity contribution < 1.29 is 33.7 Å². The molecular weight excluding hydrogens is 466 g/mol. The highest BCUT2D eigenvalue weighted by molar-refractivity contribution is 5.93. The summed E-state index contributed by atoms with van der Waals surface area (Å²) in [6.45, 7) is -0.164. The quantitative estimate of drug-likeness (QED) is 0.440. The number of aliphatic hydroxyl groups excluding tert-OH is 1. The number of nitrogens with one attached hydrogen (secondary N) is 1. The Labute approximate surface area is 212 Å². The number of aliphatic hydroxyl groups is 1. The molecule has 36 heavy (non-hydrogen) atoms. The van der Waals surface area contributed by atoms with E-state index in [-0.39, 0.29) is 11.8 Å². The van der Waals surface area contributed by atoms with Crippen LogP contribution in [0.5, 0.6) is 17.2 Å². The average molecular weight is 506 g/mol. The summed E-state index contributed by atoms with van der Waals surface area (Å²) >= 11 is 0. The van der Waals surface area contributed by atoms with Crippen molar-refractivity contribution in [2.24, 2.45) is 11.7 Å². The van der Waals surface area contributed by atoms with E-state index in [0.29, 0.717) is 30.2 Å². The molecular formula is C26H39N3O7. The number of carbonyl (C=O) groups is 3. The van der Waals surface area contributed by atoms with Crippen molar-refractivity contribution in [1.82, 2.24) is 10.2 Å². The fourth-order valence-corrected chi connectivity index (χ4v) is 5.49. The number of hydrogen-bond acceptors (Lipinski definition) is 7. The van der Waals surface area contributed by atoms with Crippen LogP contribution >= 0.6 is 0 Å². The van der Waals surface area contributed by atoms with E-state index in [1.807, 2.05) is 12.1 Å². The van der Waals surface area contributed by atoms with Gasteiger partial charge in [-0.3, -0.25) is 14.4 Å². The molecule has 10 nitrogen and oxygen atoms in total. The molecule has 2 fully saturated rings. The average Bonchev–Trinajstić information content (AvgIpc) is 2.91. The van der Waals surface area contributed by atoms with E-state index >= 15 is 0 Å². The van der Waals surface area contributed by atoms with Gasteiger partial charge in [-0.1, -0.05) is 19.3 Å². The highest BCUT2D eigenvalue weighted by atomic mass is 16.5. The van der Waals surface area contributed by atoms with Gasteiger partial charge in [-0.25, -0.2) is 0 Å². The fourth-order valence-electron chi connectivity index (χ4n) is 5.49. The highest BCUT2D eigenvalue weighted by Crippen LogP contribution is 2.45. The molecule has 0 spiro atoms. The van der Waals surface area contributed by atoms with Crippen LogP contribution in [-0.4, -0.2) is 74.3 Å². The molecule has 1 saturated carbocycles. The van der Waals surface area contributed by atoms with Gasteiger partial charge in [0.05, 0.1) is 33.9 Å². The predicted octanol–water partition coefficient (Wildman–Crippen LogP) is 1.72. The van der Waals surface area contributed by atoms with Crippen LogP contribution in [0.3, 0.4) is 0 Å². The third-order valence-electron chi connectivity index (χ3n) is 7.36.